The van der Waals surface area contributed by atoms with Crippen LogP contribution in [0.25, 0.3) is 0 Å². The molecular formula is C18H22O5S. The lowest BCUT2D eigenvalue weighted by molar-refractivity contribution is -0.146. The summed E-state index contributed by atoms with van der Waals surface area (Å²) in [5.41, 5.74) is 0.954. The predicted octanol–water partition coefficient (Wildman–Crippen LogP) is 2.45. The van der Waals surface area contributed by atoms with E-state index < -0.39 is 18.0 Å². The smallest absolute Gasteiger partial charge is 0.325 e. The molecule has 2 rings (SSSR count). The number of Topliss-reactive ketones (excluding diaryl/α,β-unsaturated/α-hetero) is 2. The zero-order valence-electron chi connectivity index (χ0n) is 14.1. The highest BCUT2D eigenvalue weighted by Crippen LogP contribution is 2.26. The van der Waals surface area contributed by atoms with E-state index in [1.807, 2.05) is 37.4 Å². The van der Waals surface area contributed by atoms with Gasteiger partial charge in [-0.3, -0.25) is 14.4 Å². The number of carbonyl (C=O) groups is 3. The van der Waals surface area contributed by atoms with E-state index in [-0.39, 0.29) is 23.2 Å². The minimum absolute atomic E-state index is 0.142. The highest BCUT2D eigenvalue weighted by Gasteiger charge is 2.47. The monoisotopic (exact) mass is 350 g/mol. The summed E-state index contributed by atoms with van der Waals surface area (Å²) in [6, 6.07) is 7.36. The fraction of sp³-hybridized carbons (Fsp3) is 0.500. The van der Waals surface area contributed by atoms with Crippen LogP contribution in [0.15, 0.2) is 24.3 Å². The SMILES string of the molecule is COc1ccc(CCC(=O)C2C(=O)OC(CC(C)SC)C2=O)cc1. The van der Waals surface area contributed by atoms with Gasteiger partial charge in [0.15, 0.2) is 23.6 Å². The Balaban J connectivity index is 1.93. The maximum atomic E-state index is 12.3. The minimum Gasteiger partial charge on any atom is -0.497 e. The van der Waals surface area contributed by atoms with Crippen LogP contribution in [0.5, 0.6) is 5.75 Å². The molecule has 0 bridgehead atoms. The number of rotatable bonds is 8. The molecular weight excluding hydrogens is 328 g/mol. The van der Waals surface area contributed by atoms with Crippen LogP contribution in [-0.2, 0) is 25.5 Å². The molecule has 1 aromatic rings. The van der Waals surface area contributed by atoms with Crippen LogP contribution in [-0.4, -0.2) is 42.3 Å². The van der Waals surface area contributed by atoms with Crippen LogP contribution < -0.4 is 4.74 Å². The van der Waals surface area contributed by atoms with Crippen molar-refractivity contribution in [2.75, 3.05) is 13.4 Å². The first kappa shape index (κ1) is 18.5. The first-order valence-corrected chi connectivity index (χ1v) is 9.17. The first-order valence-electron chi connectivity index (χ1n) is 7.89. The maximum Gasteiger partial charge on any atom is 0.325 e. The molecule has 1 heterocycles. The number of carbonyl (C=O) groups excluding carboxylic acids is 3. The molecule has 0 spiro atoms. The van der Waals surface area contributed by atoms with E-state index in [0.717, 1.165) is 11.3 Å². The maximum absolute atomic E-state index is 12.3. The summed E-state index contributed by atoms with van der Waals surface area (Å²) in [4.78, 5) is 36.5. The fourth-order valence-electron chi connectivity index (χ4n) is 2.62. The molecule has 1 saturated heterocycles. The van der Waals surface area contributed by atoms with Gasteiger partial charge in [-0.2, -0.15) is 11.8 Å². The average Bonchev–Trinajstić information content (AvgIpc) is 2.86. The number of aryl methyl sites for hydroxylation is 1. The van der Waals surface area contributed by atoms with Crippen molar-refractivity contribution >= 4 is 29.3 Å². The Kier molecular flexibility index (Phi) is 6.43. The van der Waals surface area contributed by atoms with Crippen molar-refractivity contribution in [3.63, 3.8) is 0 Å². The molecule has 24 heavy (non-hydrogen) atoms. The average molecular weight is 350 g/mol. The Morgan fingerprint density at radius 2 is 1.96 bits per heavy atom. The Hall–Kier alpha value is -1.82. The highest BCUT2D eigenvalue weighted by molar-refractivity contribution is 7.99. The number of benzene rings is 1. The Bertz CT molecular complexity index is 610. The van der Waals surface area contributed by atoms with Crippen LogP contribution in [0.3, 0.4) is 0 Å². The van der Waals surface area contributed by atoms with Gasteiger partial charge in [-0.05, 0) is 30.4 Å². The second kappa shape index (κ2) is 8.33. The van der Waals surface area contributed by atoms with Gasteiger partial charge in [0.1, 0.15) is 5.75 Å². The molecule has 0 aliphatic carbocycles. The highest BCUT2D eigenvalue weighted by atomic mass is 32.2. The minimum atomic E-state index is -1.25. The van der Waals surface area contributed by atoms with E-state index in [1.165, 1.54) is 0 Å². The van der Waals surface area contributed by atoms with E-state index in [1.54, 1.807) is 18.9 Å². The number of hydrogen-bond donors (Lipinski definition) is 0. The van der Waals surface area contributed by atoms with E-state index in [2.05, 4.69) is 0 Å². The van der Waals surface area contributed by atoms with Crippen molar-refractivity contribution in [3.8, 4) is 5.75 Å². The van der Waals surface area contributed by atoms with Gasteiger partial charge in [-0.1, -0.05) is 19.1 Å². The number of esters is 1. The Labute approximate surface area is 146 Å². The van der Waals surface area contributed by atoms with Crippen molar-refractivity contribution in [1.29, 1.82) is 0 Å². The number of ketones is 2. The summed E-state index contributed by atoms with van der Waals surface area (Å²) in [6.45, 7) is 1.96. The second-order valence-corrected chi connectivity index (χ2v) is 7.13. The summed E-state index contributed by atoms with van der Waals surface area (Å²) in [5, 5.41) is 0.194. The third-order valence-electron chi connectivity index (χ3n) is 4.19. The molecule has 130 valence electrons. The molecule has 0 amide bonds. The van der Waals surface area contributed by atoms with Gasteiger partial charge in [-0.15, -0.1) is 0 Å². The number of hydrogen-bond acceptors (Lipinski definition) is 6. The number of ether oxygens (including phenoxy) is 2. The Morgan fingerprint density at radius 3 is 2.54 bits per heavy atom. The molecule has 0 radical (unpaired) electrons. The molecule has 0 saturated carbocycles. The number of methoxy groups -OCH3 is 1. The van der Waals surface area contributed by atoms with E-state index in [9.17, 15) is 14.4 Å². The summed E-state index contributed by atoms with van der Waals surface area (Å²) >= 11 is 1.60. The molecule has 3 unspecified atom stereocenters. The van der Waals surface area contributed by atoms with Crippen molar-refractivity contribution < 1.29 is 23.9 Å². The van der Waals surface area contributed by atoms with Crippen LogP contribution in [0.1, 0.15) is 25.3 Å². The van der Waals surface area contributed by atoms with Gasteiger partial charge < -0.3 is 9.47 Å². The lowest BCUT2D eigenvalue weighted by atomic mass is 9.93. The summed E-state index contributed by atoms with van der Waals surface area (Å²) in [5.74, 6) is -1.95. The molecule has 5 nitrogen and oxygen atoms in total. The summed E-state index contributed by atoms with van der Waals surface area (Å²) in [7, 11) is 1.59. The molecule has 6 heteroatoms. The van der Waals surface area contributed by atoms with Crippen molar-refractivity contribution in [2.24, 2.45) is 5.92 Å². The molecule has 3 atom stereocenters. The Morgan fingerprint density at radius 1 is 1.29 bits per heavy atom. The molecule has 1 aromatic carbocycles. The van der Waals surface area contributed by atoms with E-state index in [0.29, 0.717) is 12.8 Å². The van der Waals surface area contributed by atoms with Crippen molar-refractivity contribution in [3.05, 3.63) is 29.8 Å². The van der Waals surface area contributed by atoms with Gasteiger partial charge in [0, 0.05) is 18.1 Å². The van der Waals surface area contributed by atoms with E-state index >= 15 is 0 Å². The third-order valence-corrected chi connectivity index (χ3v) is 5.18. The van der Waals surface area contributed by atoms with Gasteiger partial charge >= 0.3 is 5.97 Å². The summed E-state index contributed by atoms with van der Waals surface area (Å²) < 4.78 is 10.2. The van der Waals surface area contributed by atoms with Crippen molar-refractivity contribution in [2.45, 2.75) is 37.5 Å². The zero-order valence-corrected chi connectivity index (χ0v) is 14.9. The molecule has 1 aliphatic heterocycles. The van der Waals surface area contributed by atoms with Crippen LogP contribution in [0.2, 0.25) is 0 Å². The largest absolute Gasteiger partial charge is 0.497 e. The topological polar surface area (TPSA) is 69.7 Å². The van der Waals surface area contributed by atoms with Gasteiger partial charge in [0.25, 0.3) is 0 Å². The lowest BCUT2D eigenvalue weighted by Crippen LogP contribution is -2.29. The zero-order chi connectivity index (χ0) is 17.7. The number of thioether (sulfide) groups is 1. The first-order chi connectivity index (χ1) is 11.5. The quantitative estimate of drug-likeness (QED) is 0.530. The second-order valence-electron chi connectivity index (χ2n) is 5.86. The summed E-state index contributed by atoms with van der Waals surface area (Å²) in [6.07, 6.45) is 2.22. The van der Waals surface area contributed by atoms with Crippen molar-refractivity contribution in [1.82, 2.24) is 0 Å². The standard InChI is InChI=1S/C18H22O5S/c1-11(24-3)10-15-17(20)16(18(21)23-15)14(19)9-6-12-4-7-13(22-2)8-5-12/h4-5,7-8,11,15-16H,6,9-10H2,1-3H3. The molecule has 1 fully saturated rings. The predicted molar refractivity (Wildman–Crippen MR) is 92.3 cm³/mol. The number of cyclic esters (lactones) is 1. The van der Waals surface area contributed by atoms with Gasteiger partial charge in [0.05, 0.1) is 7.11 Å². The molecule has 1 aliphatic rings. The normalized spacial score (nSPS) is 21.5. The molecule has 0 N–H and O–H groups in total. The fourth-order valence-corrected chi connectivity index (χ4v) is 2.99. The van der Waals surface area contributed by atoms with Crippen LogP contribution >= 0.6 is 11.8 Å². The lowest BCUT2D eigenvalue weighted by Gasteiger charge is -2.12. The van der Waals surface area contributed by atoms with Crippen LogP contribution in [0.4, 0.5) is 0 Å². The van der Waals surface area contributed by atoms with E-state index in [4.69, 9.17) is 9.47 Å². The molecule has 0 aromatic heterocycles. The third kappa shape index (κ3) is 4.38. The van der Waals surface area contributed by atoms with Crippen LogP contribution in [0, 0.1) is 5.92 Å². The van der Waals surface area contributed by atoms with Gasteiger partial charge in [0.2, 0.25) is 0 Å². The van der Waals surface area contributed by atoms with Gasteiger partial charge in [-0.25, -0.2) is 0 Å².